The lowest BCUT2D eigenvalue weighted by Crippen LogP contribution is -2.59. The zero-order valence-corrected chi connectivity index (χ0v) is 33.2. The highest BCUT2D eigenvalue weighted by Crippen LogP contribution is 2.14. The predicted molar refractivity (Wildman–Crippen MR) is 214 cm³/mol. The summed E-state index contributed by atoms with van der Waals surface area (Å²) >= 11 is 0. The van der Waals surface area contributed by atoms with Crippen molar-refractivity contribution in [2.24, 2.45) is 11.8 Å². The number of carbonyl (C=O) groups excluding carboxylic acids is 5. The van der Waals surface area contributed by atoms with Gasteiger partial charge in [0.05, 0.1) is 43.6 Å². The molecular formula is C43H57N5O9. The molecule has 0 radical (unpaired) electrons. The minimum absolute atomic E-state index is 0.0756. The van der Waals surface area contributed by atoms with Crippen molar-refractivity contribution in [3.05, 3.63) is 108 Å². The molecule has 14 nitrogen and oxygen atoms in total. The van der Waals surface area contributed by atoms with E-state index in [2.05, 4.69) is 26.6 Å². The molecule has 3 aromatic rings. The van der Waals surface area contributed by atoms with Crippen molar-refractivity contribution >= 4 is 35.5 Å². The Kier molecular flexibility index (Phi) is 18.3. The normalized spacial score (nSPS) is 14.9. The second-order valence-electron chi connectivity index (χ2n) is 15.0. The maximum Gasteiger partial charge on any atom is 0.306 e. The van der Waals surface area contributed by atoms with Gasteiger partial charge in [-0.15, -0.1) is 0 Å². The lowest BCUT2D eigenvalue weighted by Gasteiger charge is -2.30. The van der Waals surface area contributed by atoms with Crippen LogP contribution >= 0.6 is 0 Å². The number of carboxylic acid groups (broad SMARTS) is 1. The summed E-state index contributed by atoms with van der Waals surface area (Å²) in [5.41, 5.74) is 2.29. The molecule has 0 fully saturated rings. The molecule has 0 aliphatic heterocycles. The number of carboxylic acids is 1. The maximum absolute atomic E-state index is 13.9. The van der Waals surface area contributed by atoms with Crippen molar-refractivity contribution in [3.63, 3.8) is 0 Å². The Bertz CT molecular complexity index is 1760. The molecule has 0 aliphatic rings. The second kappa shape index (κ2) is 22.8. The van der Waals surface area contributed by atoms with Crippen LogP contribution in [-0.2, 0) is 48.0 Å². The molecule has 0 bridgehead atoms. The zero-order valence-electron chi connectivity index (χ0n) is 33.2. The number of nitrogens with one attached hydrogen (secondary N) is 5. The molecule has 57 heavy (non-hydrogen) atoms. The van der Waals surface area contributed by atoms with Gasteiger partial charge in [-0.2, -0.15) is 0 Å². The molecule has 8 N–H and O–H groups in total. The van der Waals surface area contributed by atoms with E-state index in [1.165, 1.54) is 6.92 Å². The molecule has 0 saturated heterocycles. The summed E-state index contributed by atoms with van der Waals surface area (Å²) in [7, 11) is 0. The quantitative estimate of drug-likeness (QED) is 0.0746. The van der Waals surface area contributed by atoms with Crippen LogP contribution in [0.2, 0.25) is 0 Å². The summed E-state index contributed by atoms with van der Waals surface area (Å²) in [4.78, 5) is 78.0. The summed E-state index contributed by atoms with van der Waals surface area (Å²) in [5.74, 6) is -4.83. The smallest absolute Gasteiger partial charge is 0.306 e. The van der Waals surface area contributed by atoms with Crippen LogP contribution in [0.5, 0.6) is 0 Å². The Morgan fingerprint density at radius 1 is 0.491 bits per heavy atom. The monoisotopic (exact) mass is 787 g/mol. The minimum atomic E-state index is -1.43. The first-order valence-corrected chi connectivity index (χ1v) is 19.2. The van der Waals surface area contributed by atoms with Crippen LogP contribution in [0.4, 0.5) is 0 Å². The number of benzene rings is 3. The molecule has 3 rings (SSSR count). The first kappa shape index (κ1) is 45.8. The standard InChI is InChI=1S/C43H57N5O9/c1-26(2)39(47-36(51)23-31-19-13-8-14-20-31)43(57)48-40(27(3)4)42(56)46-32(21-29-15-9-6-10-16-29)34(49)24-37(52)44-28(5)41(55)45-33(35(50)25-38(53)54)22-30-17-11-7-12-18-30/h6-20,26-28,32-35,39-40,49-50H,21-25H2,1-5H3,(H,44,52)(H,45,55)(H,46,56)(H,47,51)(H,48,57)(H,53,54)/t28-,32-,33+,34+,35-,39+,40-/m0/s1. The highest BCUT2D eigenvalue weighted by Gasteiger charge is 2.34. The molecule has 0 spiro atoms. The number of amides is 5. The van der Waals surface area contributed by atoms with Gasteiger partial charge in [-0.3, -0.25) is 28.8 Å². The van der Waals surface area contributed by atoms with Gasteiger partial charge in [0.2, 0.25) is 29.5 Å². The van der Waals surface area contributed by atoms with E-state index in [0.717, 1.165) is 16.7 Å². The van der Waals surface area contributed by atoms with E-state index in [4.69, 9.17) is 0 Å². The Hall–Kier alpha value is -5.60. The van der Waals surface area contributed by atoms with Crippen LogP contribution in [0.3, 0.4) is 0 Å². The fourth-order valence-electron chi connectivity index (χ4n) is 6.22. The van der Waals surface area contributed by atoms with Gasteiger partial charge in [0.15, 0.2) is 0 Å². The third-order valence-corrected chi connectivity index (χ3v) is 9.45. The van der Waals surface area contributed by atoms with Gasteiger partial charge in [-0.1, -0.05) is 119 Å². The second-order valence-corrected chi connectivity index (χ2v) is 15.0. The van der Waals surface area contributed by atoms with Gasteiger partial charge < -0.3 is 41.9 Å². The van der Waals surface area contributed by atoms with Crippen molar-refractivity contribution in [1.29, 1.82) is 0 Å². The summed E-state index contributed by atoms with van der Waals surface area (Å²) in [6.07, 6.45) is -3.62. The maximum atomic E-state index is 13.9. The Labute approximate surface area is 334 Å². The predicted octanol–water partition coefficient (Wildman–Crippen LogP) is 2.06. The third-order valence-electron chi connectivity index (χ3n) is 9.45. The van der Waals surface area contributed by atoms with Crippen LogP contribution in [0.1, 0.15) is 64.2 Å². The number of hydrogen-bond acceptors (Lipinski definition) is 8. The molecule has 0 unspecified atom stereocenters. The molecule has 0 saturated carbocycles. The molecule has 14 heteroatoms. The Balaban J connectivity index is 1.69. The number of carbonyl (C=O) groups is 6. The SMILES string of the molecule is CC(C)[C@H](NC(=O)[C@H](NC(=O)Cc1ccccc1)C(C)C)C(=O)N[C@@H](Cc1ccccc1)[C@H](O)CC(=O)N[C@@H](C)C(=O)N[C@H](Cc1ccccc1)[C@@H](O)CC(=O)O. The average molecular weight is 788 g/mol. The van der Waals surface area contributed by atoms with Crippen molar-refractivity contribution in [3.8, 4) is 0 Å². The summed E-state index contributed by atoms with van der Waals surface area (Å²) in [6, 6.07) is 21.9. The van der Waals surface area contributed by atoms with Crippen molar-refractivity contribution in [2.75, 3.05) is 0 Å². The van der Waals surface area contributed by atoms with Crippen LogP contribution in [0.25, 0.3) is 0 Å². The minimum Gasteiger partial charge on any atom is -0.481 e. The van der Waals surface area contributed by atoms with E-state index in [1.807, 2.05) is 36.4 Å². The molecule has 7 atom stereocenters. The molecule has 0 aromatic heterocycles. The molecule has 308 valence electrons. The highest BCUT2D eigenvalue weighted by atomic mass is 16.4. The van der Waals surface area contributed by atoms with E-state index in [0.29, 0.717) is 0 Å². The summed E-state index contributed by atoms with van der Waals surface area (Å²) in [6.45, 7) is 8.47. The van der Waals surface area contributed by atoms with Crippen LogP contribution in [0.15, 0.2) is 91.0 Å². The van der Waals surface area contributed by atoms with Crippen molar-refractivity contribution < 1.29 is 44.1 Å². The Morgan fingerprint density at radius 3 is 1.35 bits per heavy atom. The topological polar surface area (TPSA) is 223 Å². The molecule has 3 aromatic carbocycles. The highest BCUT2D eigenvalue weighted by molar-refractivity contribution is 5.93. The first-order chi connectivity index (χ1) is 27.0. The van der Waals surface area contributed by atoms with Crippen LogP contribution in [-0.4, -0.2) is 93.2 Å². The third kappa shape index (κ3) is 15.8. The van der Waals surface area contributed by atoms with Crippen LogP contribution in [0, 0.1) is 11.8 Å². The summed E-state index contributed by atoms with van der Waals surface area (Å²) < 4.78 is 0. The van der Waals surface area contributed by atoms with Gasteiger partial charge in [-0.05, 0) is 48.3 Å². The average Bonchev–Trinajstić information content (AvgIpc) is 3.15. The zero-order chi connectivity index (χ0) is 42.1. The van der Waals surface area contributed by atoms with Crippen LogP contribution < -0.4 is 26.6 Å². The first-order valence-electron chi connectivity index (χ1n) is 19.2. The van der Waals surface area contributed by atoms with E-state index >= 15 is 0 Å². The van der Waals surface area contributed by atoms with E-state index in [1.54, 1.807) is 82.3 Å². The lowest BCUT2D eigenvalue weighted by molar-refractivity contribution is -0.140. The molecule has 0 aliphatic carbocycles. The lowest BCUT2D eigenvalue weighted by atomic mass is 9.96. The van der Waals surface area contributed by atoms with E-state index in [9.17, 15) is 44.1 Å². The molecule has 5 amide bonds. The molecular weight excluding hydrogens is 730 g/mol. The fraction of sp³-hybridized carbons (Fsp3) is 0.442. The number of aliphatic carboxylic acids is 1. The summed E-state index contributed by atoms with van der Waals surface area (Å²) in [5, 5.41) is 44.8. The molecule has 0 heterocycles. The van der Waals surface area contributed by atoms with Gasteiger partial charge in [0, 0.05) is 0 Å². The fourth-order valence-corrected chi connectivity index (χ4v) is 6.22. The number of aliphatic hydroxyl groups is 2. The van der Waals surface area contributed by atoms with Gasteiger partial charge in [0.25, 0.3) is 0 Å². The van der Waals surface area contributed by atoms with Gasteiger partial charge in [0.1, 0.15) is 18.1 Å². The van der Waals surface area contributed by atoms with Crippen molar-refractivity contribution in [1.82, 2.24) is 26.6 Å². The van der Waals surface area contributed by atoms with E-state index in [-0.39, 0.29) is 31.1 Å². The number of rotatable bonds is 22. The van der Waals surface area contributed by atoms with Gasteiger partial charge >= 0.3 is 5.97 Å². The largest absolute Gasteiger partial charge is 0.481 e. The number of hydrogen-bond donors (Lipinski definition) is 8. The number of aliphatic hydroxyl groups excluding tert-OH is 2. The van der Waals surface area contributed by atoms with E-state index < -0.39 is 90.8 Å². The van der Waals surface area contributed by atoms with Gasteiger partial charge in [-0.25, -0.2) is 0 Å². The Morgan fingerprint density at radius 2 is 0.895 bits per heavy atom. The van der Waals surface area contributed by atoms with Crippen molar-refractivity contribution in [2.45, 2.75) is 109 Å².